The first-order valence-corrected chi connectivity index (χ1v) is 21.5. The van der Waals surface area contributed by atoms with Crippen molar-refractivity contribution in [1.29, 1.82) is 0 Å². The lowest BCUT2D eigenvalue weighted by Gasteiger charge is -2.08. The maximum Gasteiger partial charge on any atom is 0.346 e. The van der Waals surface area contributed by atoms with Gasteiger partial charge in [0.25, 0.3) is 0 Å². The molecule has 5 rings (SSSR count). The van der Waals surface area contributed by atoms with Crippen LogP contribution in [0.15, 0.2) is 98.5 Å². The number of carbonyl (C=O) groups excluding carboxylic acids is 6. The molecule has 58 heavy (non-hydrogen) atoms. The molecule has 0 radical (unpaired) electrons. The summed E-state index contributed by atoms with van der Waals surface area (Å²) in [7, 11) is 4.90. The van der Waals surface area contributed by atoms with E-state index in [0.29, 0.717) is 41.9 Å². The van der Waals surface area contributed by atoms with Crippen molar-refractivity contribution in [2.75, 3.05) is 28.4 Å². The van der Waals surface area contributed by atoms with Crippen molar-refractivity contribution in [2.24, 2.45) is 0 Å². The van der Waals surface area contributed by atoms with Crippen LogP contribution in [0, 0.1) is 23.7 Å². The maximum absolute atomic E-state index is 12.7. The molecule has 3 aromatic carbocycles. The number of carbonyl (C=O) groups is 6. The van der Waals surface area contributed by atoms with E-state index in [4.69, 9.17) is 18.9 Å². The predicted molar refractivity (Wildman–Crippen MR) is 233 cm³/mol. The Morgan fingerprint density at radius 2 is 0.776 bits per heavy atom. The van der Waals surface area contributed by atoms with Gasteiger partial charge in [-0.15, -0.1) is 0 Å². The summed E-state index contributed by atoms with van der Waals surface area (Å²) in [6.07, 6.45) is 3.57. The second-order valence-electron chi connectivity index (χ2n) is 11.4. The van der Waals surface area contributed by atoms with E-state index >= 15 is 0 Å². The van der Waals surface area contributed by atoms with Gasteiger partial charge in [0.15, 0.2) is 10.2 Å². The van der Waals surface area contributed by atoms with Crippen LogP contribution < -0.4 is 0 Å². The van der Waals surface area contributed by atoms with Gasteiger partial charge in [-0.2, -0.15) is 0 Å². The standard InChI is InChI=1S/C42H30O10S6/c1-23(43)53-31-15-9-25(10-16-31)7-13-27-19-30(22-34-57-37(41(47)51-5)38(58-34)42(48)52-6)28(14-8-26-11-17-32(18-12-26)54-24(2)44)20-29(27)21-33-55-35(39(45)49-3)36(56-33)40(46)50-4/h9-12,15-22H,1-6H3. The van der Waals surface area contributed by atoms with Gasteiger partial charge in [0.05, 0.1) is 36.9 Å². The lowest BCUT2D eigenvalue weighted by molar-refractivity contribution is -0.138. The first kappa shape index (κ1) is 44.2. The van der Waals surface area contributed by atoms with Gasteiger partial charge in [-0.1, -0.05) is 94.3 Å². The number of hydrogen-bond acceptors (Lipinski definition) is 16. The van der Waals surface area contributed by atoms with E-state index in [1.165, 1.54) is 42.3 Å². The Hall–Kier alpha value is -4.94. The molecule has 2 aliphatic rings. The fourth-order valence-electron chi connectivity index (χ4n) is 4.82. The van der Waals surface area contributed by atoms with Gasteiger partial charge in [-0.3, -0.25) is 9.59 Å². The Bertz CT molecular complexity index is 2240. The summed E-state index contributed by atoms with van der Waals surface area (Å²) < 4.78 is 20.9. The Balaban J connectivity index is 1.69. The minimum absolute atomic E-state index is 0.0422. The van der Waals surface area contributed by atoms with Crippen molar-refractivity contribution in [2.45, 2.75) is 23.6 Å². The van der Waals surface area contributed by atoms with E-state index in [1.807, 2.05) is 12.1 Å². The normalized spacial score (nSPS) is 13.1. The largest absolute Gasteiger partial charge is 0.465 e. The van der Waals surface area contributed by atoms with Crippen LogP contribution in [0.4, 0.5) is 0 Å². The number of rotatable bonds is 8. The highest BCUT2D eigenvalue weighted by atomic mass is 32.2. The van der Waals surface area contributed by atoms with Gasteiger partial charge in [-0.25, -0.2) is 19.2 Å². The first-order valence-electron chi connectivity index (χ1n) is 16.6. The molecular formula is C42H30O10S6. The monoisotopic (exact) mass is 886 g/mol. The lowest BCUT2D eigenvalue weighted by Crippen LogP contribution is -2.08. The van der Waals surface area contributed by atoms with Crippen molar-refractivity contribution in [1.82, 2.24) is 0 Å². The second-order valence-corrected chi connectivity index (χ2v) is 18.6. The van der Waals surface area contributed by atoms with Gasteiger partial charge in [0.2, 0.25) is 0 Å². The molecule has 0 aliphatic carbocycles. The lowest BCUT2D eigenvalue weighted by atomic mass is 9.98. The molecule has 16 heteroatoms. The average Bonchev–Trinajstić information content (AvgIpc) is 3.84. The molecule has 10 nitrogen and oxygen atoms in total. The van der Waals surface area contributed by atoms with E-state index in [2.05, 4.69) is 23.7 Å². The van der Waals surface area contributed by atoms with Crippen LogP contribution in [0.5, 0.6) is 0 Å². The van der Waals surface area contributed by atoms with E-state index < -0.39 is 23.9 Å². The highest BCUT2D eigenvalue weighted by molar-refractivity contribution is 8.30. The topological polar surface area (TPSA) is 139 Å². The average molecular weight is 887 g/mol. The molecule has 0 N–H and O–H groups in total. The van der Waals surface area contributed by atoms with Gasteiger partial charge in [-0.05, 0) is 83.9 Å². The molecule has 2 aliphatic heterocycles. The summed E-state index contributed by atoms with van der Waals surface area (Å²) in [6.45, 7) is 2.98. The summed E-state index contributed by atoms with van der Waals surface area (Å²) >= 11 is 6.46. The molecule has 0 aromatic heterocycles. The van der Waals surface area contributed by atoms with Crippen LogP contribution in [0.2, 0.25) is 0 Å². The summed E-state index contributed by atoms with van der Waals surface area (Å²) in [5, 5.41) is -0.0844. The van der Waals surface area contributed by atoms with Gasteiger partial charge in [0.1, 0.15) is 19.6 Å². The third kappa shape index (κ3) is 11.6. The number of ether oxygens (including phenoxy) is 4. The fourth-order valence-corrected chi connectivity index (χ4v) is 10.8. The molecule has 0 atom stereocenters. The summed E-state index contributed by atoms with van der Waals surface area (Å²) in [4.78, 5) is 75.8. The van der Waals surface area contributed by atoms with Gasteiger partial charge >= 0.3 is 23.9 Å². The molecule has 0 saturated heterocycles. The van der Waals surface area contributed by atoms with E-state index in [-0.39, 0.29) is 29.9 Å². The summed E-state index contributed by atoms with van der Waals surface area (Å²) in [5.74, 6) is 10.1. The van der Waals surface area contributed by atoms with E-state index in [0.717, 1.165) is 80.4 Å². The highest BCUT2D eigenvalue weighted by Gasteiger charge is 2.34. The second kappa shape index (κ2) is 20.7. The van der Waals surface area contributed by atoms with Crippen LogP contribution in [0.1, 0.15) is 47.2 Å². The summed E-state index contributed by atoms with van der Waals surface area (Å²) in [5.41, 5.74) is 3.60. The van der Waals surface area contributed by atoms with Crippen molar-refractivity contribution in [3.05, 3.63) is 122 Å². The van der Waals surface area contributed by atoms with Crippen molar-refractivity contribution in [3.63, 3.8) is 0 Å². The number of methoxy groups -OCH3 is 4. The maximum atomic E-state index is 12.7. The molecule has 0 amide bonds. The quantitative estimate of drug-likeness (QED) is 0.0924. The molecule has 0 spiro atoms. The van der Waals surface area contributed by atoms with E-state index in [1.54, 1.807) is 60.7 Å². The fraction of sp³-hybridized carbons (Fsp3) is 0.143. The molecule has 0 bridgehead atoms. The van der Waals surface area contributed by atoms with Crippen LogP contribution in [-0.2, 0) is 47.7 Å². The zero-order valence-electron chi connectivity index (χ0n) is 31.5. The van der Waals surface area contributed by atoms with Crippen LogP contribution in [-0.4, -0.2) is 62.5 Å². The third-order valence-electron chi connectivity index (χ3n) is 7.39. The first-order chi connectivity index (χ1) is 27.8. The molecule has 2 heterocycles. The third-order valence-corrected chi connectivity index (χ3v) is 13.8. The van der Waals surface area contributed by atoms with Crippen LogP contribution >= 0.6 is 70.6 Å². The zero-order valence-corrected chi connectivity index (χ0v) is 36.4. The van der Waals surface area contributed by atoms with Gasteiger partial charge in [0, 0.05) is 45.9 Å². The van der Waals surface area contributed by atoms with Crippen LogP contribution in [0.3, 0.4) is 0 Å². The Kier molecular flexibility index (Phi) is 15.7. The highest BCUT2D eigenvalue weighted by Crippen LogP contribution is 2.52. The predicted octanol–water partition coefficient (Wildman–Crippen LogP) is 8.44. The smallest absolute Gasteiger partial charge is 0.346 e. The number of esters is 4. The molecule has 0 unspecified atom stereocenters. The van der Waals surface area contributed by atoms with Crippen molar-refractivity contribution < 1.29 is 47.7 Å². The number of hydrogen-bond donors (Lipinski definition) is 0. The van der Waals surface area contributed by atoms with Crippen molar-refractivity contribution >= 4 is 117 Å². The van der Waals surface area contributed by atoms with Crippen molar-refractivity contribution in [3.8, 4) is 23.7 Å². The number of thioether (sulfide) groups is 6. The molecule has 0 fully saturated rings. The molecule has 3 aromatic rings. The minimum atomic E-state index is -0.688. The Morgan fingerprint density at radius 1 is 0.483 bits per heavy atom. The Labute approximate surface area is 360 Å². The zero-order chi connectivity index (χ0) is 41.9. The van der Waals surface area contributed by atoms with Crippen LogP contribution in [0.25, 0.3) is 12.2 Å². The van der Waals surface area contributed by atoms with E-state index in [9.17, 15) is 28.8 Å². The van der Waals surface area contributed by atoms with Gasteiger partial charge < -0.3 is 18.9 Å². The SMILES string of the molecule is COC(=O)C1=C(C(=O)OC)SC(=Cc2cc(C#Cc3ccc(SC(C)=O)cc3)c(C=C3SC(C(=O)OC)=C(C(=O)OC)S3)cc2C#Cc2ccc(SC(C)=O)cc2)S1. The molecular weight excluding hydrogens is 857 g/mol. The number of benzene rings is 3. The minimum Gasteiger partial charge on any atom is -0.465 e. The Morgan fingerprint density at radius 3 is 1.03 bits per heavy atom. The molecule has 294 valence electrons. The molecule has 0 saturated carbocycles. The summed E-state index contributed by atoms with van der Waals surface area (Å²) in [6, 6.07) is 18.1.